The van der Waals surface area contributed by atoms with Gasteiger partial charge in [-0.15, -0.1) is 0 Å². The zero-order chi connectivity index (χ0) is 15.8. The largest absolute Gasteiger partial charge is 0.481 e. The van der Waals surface area contributed by atoms with Gasteiger partial charge in [-0.2, -0.15) is 0 Å². The minimum atomic E-state index is -0.668. The van der Waals surface area contributed by atoms with E-state index in [0.29, 0.717) is 6.42 Å². The minimum Gasteiger partial charge on any atom is -0.481 e. The van der Waals surface area contributed by atoms with E-state index in [1.165, 1.54) is 63.4 Å². The summed E-state index contributed by atoms with van der Waals surface area (Å²) in [5.74, 6) is -0.668. The molecule has 0 aliphatic rings. The zero-order valence-corrected chi connectivity index (χ0v) is 14.1. The number of unbranched alkanes of at least 4 members (excludes halogenated alkanes) is 9. The average molecular weight is 294 g/mol. The molecule has 0 aliphatic carbocycles. The van der Waals surface area contributed by atoms with Gasteiger partial charge in [0.25, 0.3) is 0 Å². The maximum atomic E-state index is 10.4. The average Bonchev–Trinajstić information content (AvgIpc) is 2.45. The van der Waals surface area contributed by atoms with Crippen LogP contribution in [0.3, 0.4) is 0 Å². The lowest BCUT2D eigenvalue weighted by Gasteiger charge is -2.00. The first-order valence-electron chi connectivity index (χ1n) is 8.72. The van der Waals surface area contributed by atoms with Crippen LogP contribution in [0.1, 0.15) is 90.9 Å². The second-order valence-electron chi connectivity index (χ2n) is 5.90. The number of rotatable bonds is 14. The molecule has 21 heavy (non-hydrogen) atoms. The topological polar surface area (TPSA) is 37.3 Å². The Hall–Kier alpha value is -1.05. The predicted molar refractivity (Wildman–Crippen MR) is 91.6 cm³/mol. The van der Waals surface area contributed by atoms with Gasteiger partial charge in [-0.3, -0.25) is 4.79 Å². The van der Waals surface area contributed by atoms with Crippen molar-refractivity contribution in [3.63, 3.8) is 0 Å². The Kier molecular flexibility index (Phi) is 14.6. The molecule has 0 spiro atoms. The van der Waals surface area contributed by atoms with E-state index in [0.717, 1.165) is 12.8 Å². The van der Waals surface area contributed by atoms with E-state index in [4.69, 9.17) is 5.11 Å². The van der Waals surface area contributed by atoms with Gasteiger partial charge in [0, 0.05) is 6.42 Å². The van der Waals surface area contributed by atoms with Gasteiger partial charge < -0.3 is 5.11 Å². The van der Waals surface area contributed by atoms with Crippen molar-refractivity contribution < 1.29 is 9.90 Å². The molecule has 0 fully saturated rings. The molecule has 1 N–H and O–H groups in total. The third kappa shape index (κ3) is 16.9. The van der Waals surface area contributed by atoms with Crippen LogP contribution in [0, 0.1) is 0 Å². The standard InChI is InChI=1S/C19H34O2/c1-3-4-5-9-12-15-18(2)16-13-10-7-6-8-11-14-17-19(20)21/h12,15-16H,3-11,13-14,17H2,1-2H3,(H,20,21). The molecule has 0 aromatic rings. The molecule has 2 nitrogen and oxygen atoms in total. The quantitative estimate of drug-likeness (QED) is 0.302. The Labute approximate surface area is 131 Å². The van der Waals surface area contributed by atoms with E-state index < -0.39 is 5.97 Å². The second-order valence-corrected chi connectivity index (χ2v) is 5.90. The summed E-state index contributed by atoms with van der Waals surface area (Å²) in [4.78, 5) is 10.4. The molecule has 2 heteroatoms. The molecular formula is C19H34O2. The summed E-state index contributed by atoms with van der Waals surface area (Å²) in [5.41, 5.74) is 1.38. The molecule has 0 unspecified atom stereocenters. The van der Waals surface area contributed by atoms with E-state index in [-0.39, 0.29) is 0 Å². The number of hydrogen-bond donors (Lipinski definition) is 1. The first-order chi connectivity index (χ1) is 10.2. The van der Waals surface area contributed by atoms with Crippen molar-refractivity contribution in [3.05, 3.63) is 23.8 Å². The summed E-state index contributed by atoms with van der Waals surface area (Å²) in [6.45, 7) is 4.42. The van der Waals surface area contributed by atoms with E-state index in [9.17, 15) is 4.79 Å². The molecule has 0 aromatic carbocycles. The molecular weight excluding hydrogens is 260 g/mol. The Morgan fingerprint density at radius 1 is 0.905 bits per heavy atom. The molecule has 0 saturated heterocycles. The second kappa shape index (κ2) is 15.3. The van der Waals surface area contributed by atoms with Crippen molar-refractivity contribution >= 4 is 5.97 Å². The molecule has 0 heterocycles. The fourth-order valence-corrected chi connectivity index (χ4v) is 2.31. The highest BCUT2D eigenvalue weighted by molar-refractivity contribution is 5.66. The van der Waals surface area contributed by atoms with Crippen molar-refractivity contribution in [2.24, 2.45) is 0 Å². The summed E-state index contributed by atoms with van der Waals surface area (Å²) in [5, 5.41) is 8.53. The Balaban J connectivity index is 3.39. The van der Waals surface area contributed by atoms with Crippen LogP contribution in [0.2, 0.25) is 0 Å². The molecule has 0 amide bonds. The normalized spacial score (nSPS) is 12.2. The van der Waals surface area contributed by atoms with Crippen molar-refractivity contribution in [2.45, 2.75) is 90.9 Å². The van der Waals surface area contributed by atoms with Crippen LogP contribution < -0.4 is 0 Å². The van der Waals surface area contributed by atoms with Crippen LogP contribution in [-0.2, 0) is 4.79 Å². The highest BCUT2D eigenvalue weighted by Crippen LogP contribution is 2.10. The fourth-order valence-electron chi connectivity index (χ4n) is 2.31. The van der Waals surface area contributed by atoms with Gasteiger partial charge in [0.2, 0.25) is 0 Å². The van der Waals surface area contributed by atoms with Crippen LogP contribution in [0.25, 0.3) is 0 Å². The van der Waals surface area contributed by atoms with Crippen molar-refractivity contribution in [3.8, 4) is 0 Å². The Morgan fingerprint density at radius 3 is 2.19 bits per heavy atom. The first-order valence-corrected chi connectivity index (χ1v) is 8.72. The first kappa shape index (κ1) is 19.9. The highest BCUT2D eigenvalue weighted by Gasteiger charge is 1.96. The van der Waals surface area contributed by atoms with Gasteiger partial charge in [-0.1, -0.05) is 69.2 Å². The summed E-state index contributed by atoms with van der Waals surface area (Å²) in [6.07, 6.45) is 20.3. The molecule has 0 aromatic heterocycles. The number of allylic oxidation sites excluding steroid dienone is 4. The molecule has 0 atom stereocenters. The molecule has 0 radical (unpaired) electrons. The summed E-state index contributed by atoms with van der Waals surface area (Å²) in [6, 6.07) is 0. The number of aliphatic carboxylic acids is 1. The third-order valence-electron chi connectivity index (χ3n) is 3.67. The van der Waals surface area contributed by atoms with Crippen LogP contribution >= 0.6 is 0 Å². The number of carboxylic acids is 1. The van der Waals surface area contributed by atoms with Gasteiger partial charge >= 0.3 is 5.97 Å². The lowest BCUT2D eigenvalue weighted by atomic mass is 10.1. The van der Waals surface area contributed by atoms with Gasteiger partial charge in [0.1, 0.15) is 0 Å². The van der Waals surface area contributed by atoms with Gasteiger partial charge in [-0.25, -0.2) is 0 Å². The van der Waals surface area contributed by atoms with Gasteiger partial charge in [0.05, 0.1) is 0 Å². The maximum Gasteiger partial charge on any atom is 0.303 e. The van der Waals surface area contributed by atoms with Crippen LogP contribution in [-0.4, -0.2) is 11.1 Å². The molecule has 0 bridgehead atoms. The van der Waals surface area contributed by atoms with E-state index in [1.807, 2.05) is 0 Å². The number of carbonyl (C=O) groups is 1. The minimum absolute atomic E-state index is 0.326. The number of carboxylic acid groups (broad SMARTS) is 1. The van der Waals surface area contributed by atoms with E-state index in [2.05, 4.69) is 32.1 Å². The van der Waals surface area contributed by atoms with Crippen molar-refractivity contribution in [1.29, 1.82) is 0 Å². The predicted octanol–water partition coefficient (Wildman–Crippen LogP) is 6.27. The maximum absolute atomic E-state index is 10.4. The highest BCUT2D eigenvalue weighted by atomic mass is 16.4. The summed E-state index contributed by atoms with van der Waals surface area (Å²) < 4.78 is 0. The molecule has 0 saturated carbocycles. The Bertz CT molecular complexity index is 303. The summed E-state index contributed by atoms with van der Waals surface area (Å²) >= 11 is 0. The van der Waals surface area contributed by atoms with Gasteiger partial charge in [-0.05, 0) is 39.0 Å². The van der Waals surface area contributed by atoms with Gasteiger partial charge in [0.15, 0.2) is 0 Å². The lowest BCUT2D eigenvalue weighted by Crippen LogP contribution is -1.93. The van der Waals surface area contributed by atoms with E-state index in [1.54, 1.807) is 0 Å². The van der Waals surface area contributed by atoms with Crippen molar-refractivity contribution in [1.82, 2.24) is 0 Å². The van der Waals surface area contributed by atoms with Crippen LogP contribution in [0.4, 0.5) is 0 Å². The van der Waals surface area contributed by atoms with Crippen molar-refractivity contribution in [2.75, 3.05) is 0 Å². The summed E-state index contributed by atoms with van der Waals surface area (Å²) in [7, 11) is 0. The van der Waals surface area contributed by atoms with Crippen LogP contribution in [0.5, 0.6) is 0 Å². The zero-order valence-electron chi connectivity index (χ0n) is 14.1. The van der Waals surface area contributed by atoms with E-state index >= 15 is 0 Å². The fraction of sp³-hybridized carbons (Fsp3) is 0.737. The monoisotopic (exact) mass is 294 g/mol. The SMILES string of the molecule is CCCCCC=CC(C)=CCCCCCCCCC(=O)O. The third-order valence-corrected chi connectivity index (χ3v) is 3.67. The lowest BCUT2D eigenvalue weighted by molar-refractivity contribution is -0.137. The smallest absolute Gasteiger partial charge is 0.303 e. The Morgan fingerprint density at radius 2 is 1.52 bits per heavy atom. The molecule has 0 aliphatic heterocycles. The molecule has 0 rings (SSSR count). The van der Waals surface area contributed by atoms with Crippen LogP contribution in [0.15, 0.2) is 23.8 Å². The number of hydrogen-bond acceptors (Lipinski definition) is 1. The molecule has 122 valence electrons.